The molecule has 0 saturated carbocycles. The molecule has 12 heavy (non-hydrogen) atoms. The fourth-order valence-electron chi connectivity index (χ4n) is 1.69. The second kappa shape index (κ2) is 3.15. The van der Waals surface area contributed by atoms with E-state index in [1.165, 1.54) is 24.1 Å². The standard InChI is InChI=1S/C10H13NO/c1-12-11-8-4-6-9-5-2-3-7-10(9)11/h2-3,5,7H,4,6,8H2,1H3. The SMILES string of the molecule is CON1CCCc2ccccc21. The van der Waals surface area contributed by atoms with Crippen molar-refractivity contribution in [2.75, 3.05) is 18.7 Å². The molecule has 0 bridgehead atoms. The molecule has 0 fully saturated rings. The molecule has 1 aromatic rings. The first-order valence-corrected chi connectivity index (χ1v) is 4.31. The van der Waals surface area contributed by atoms with Crippen molar-refractivity contribution in [3.05, 3.63) is 29.8 Å². The van der Waals surface area contributed by atoms with Gasteiger partial charge in [0.15, 0.2) is 0 Å². The highest BCUT2D eigenvalue weighted by molar-refractivity contribution is 5.53. The number of fused-ring (bicyclic) bond motifs is 1. The Kier molecular flexibility index (Phi) is 2.00. The predicted octanol–water partition coefficient (Wildman–Crippen LogP) is 2.00. The summed E-state index contributed by atoms with van der Waals surface area (Å²) in [6.07, 6.45) is 2.36. The number of para-hydroxylation sites is 1. The Bertz CT molecular complexity index is 272. The van der Waals surface area contributed by atoms with Crippen LogP contribution >= 0.6 is 0 Å². The summed E-state index contributed by atoms with van der Waals surface area (Å²) in [5.41, 5.74) is 2.62. The maximum absolute atomic E-state index is 5.25. The van der Waals surface area contributed by atoms with E-state index >= 15 is 0 Å². The molecule has 1 aliphatic heterocycles. The first-order valence-electron chi connectivity index (χ1n) is 4.31. The number of rotatable bonds is 1. The Morgan fingerprint density at radius 3 is 3.00 bits per heavy atom. The molecule has 0 spiro atoms. The van der Waals surface area contributed by atoms with Crippen LogP contribution in [0.3, 0.4) is 0 Å². The van der Waals surface area contributed by atoms with Crippen LogP contribution in [0.5, 0.6) is 0 Å². The van der Waals surface area contributed by atoms with Crippen molar-refractivity contribution in [1.82, 2.24) is 0 Å². The van der Waals surface area contributed by atoms with Gasteiger partial charge in [-0.3, -0.25) is 9.90 Å². The van der Waals surface area contributed by atoms with Crippen LogP contribution in [0.2, 0.25) is 0 Å². The fraction of sp³-hybridized carbons (Fsp3) is 0.400. The average Bonchev–Trinajstić information content (AvgIpc) is 2.17. The number of benzene rings is 1. The number of nitrogens with zero attached hydrogens (tertiary/aromatic N) is 1. The van der Waals surface area contributed by atoms with Gasteiger partial charge in [0.2, 0.25) is 0 Å². The van der Waals surface area contributed by atoms with Gasteiger partial charge in [0.1, 0.15) is 0 Å². The van der Waals surface area contributed by atoms with Gasteiger partial charge in [0, 0.05) is 6.54 Å². The van der Waals surface area contributed by atoms with Crippen molar-refractivity contribution < 1.29 is 4.84 Å². The highest BCUT2D eigenvalue weighted by Gasteiger charge is 2.14. The zero-order chi connectivity index (χ0) is 8.39. The Morgan fingerprint density at radius 2 is 2.17 bits per heavy atom. The van der Waals surface area contributed by atoms with Crippen LogP contribution in [0, 0.1) is 0 Å². The molecule has 0 atom stereocenters. The van der Waals surface area contributed by atoms with Gasteiger partial charge in [-0.25, -0.2) is 0 Å². The number of aryl methyl sites for hydroxylation is 1. The summed E-state index contributed by atoms with van der Waals surface area (Å²) in [6, 6.07) is 8.41. The van der Waals surface area contributed by atoms with E-state index in [9.17, 15) is 0 Å². The minimum absolute atomic E-state index is 1.01. The molecule has 2 rings (SSSR count). The van der Waals surface area contributed by atoms with Crippen LogP contribution in [0.1, 0.15) is 12.0 Å². The van der Waals surface area contributed by atoms with E-state index in [-0.39, 0.29) is 0 Å². The minimum atomic E-state index is 1.01. The van der Waals surface area contributed by atoms with Crippen molar-refractivity contribution in [2.24, 2.45) is 0 Å². The number of hydroxylamine groups is 1. The molecule has 0 unspecified atom stereocenters. The summed E-state index contributed by atoms with van der Waals surface area (Å²) in [7, 11) is 1.72. The van der Waals surface area contributed by atoms with Gasteiger partial charge >= 0.3 is 0 Å². The van der Waals surface area contributed by atoms with Crippen LogP contribution in [0.4, 0.5) is 5.69 Å². The first kappa shape index (κ1) is 7.62. The van der Waals surface area contributed by atoms with Crippen molar-refractivity contribution in [3.8, 4) is 0 Å². The lowest BCUT2D eigenvalue weighted by molar-refractivity contribution is 0.161. The van der Waals surface area contributed by atoms with Gasteiger partial charge in [-0.1, -0.05) is 18.2 Å². The molecule has 64 valence electrons. The summed E-state index contributed by atoms with van der Waals surface area (Å²) in [5.74, 6) is 0. The smallest absolute Gasteiger partial charge is 0.0668 e. The van der Waals surface area contributed by atoms with Crippen molar-refractivity contribution in [3.63, 3.8) is 0 Å². The van der Waals surface area contributed by atoms with E-state index < -0.39 is 0 Å². The molecule has 1 aliphatic rings. The molecule has 0 radical (unpaired) electrons. The molecule has 0 aromatic heterocycles. The summed E-state index contributed by atoms with van der Waals surface area (Å²) < 4.78 is 0. The van der Waals surface area contributed by atoms with Crippen molar-refractivity contribution >= 4 is 5.69 Å². The largest absolute Gasteiger partial charge is 0.277 e. The van der Waals surface area contributed by atoms with E-state index in [0.717, 1.165) is 6.54 Å². The van der Waals surface area contributed by atoms with Gasteiger partial charge in [-0.05, 0) is 24.5 Å². The summed E-state index contributed by atoms with van der Waals surface area (Å²) >= 11 is 0. The molecule has 0 aliphatic carbocycles. The third kappa shape index (κ3) is 1.18. The molecule has 0 amide bonds. The number of anilines is 1. The molecule has 2 nitrogen and oxygen atoms in total. The molecule has 1 aromatic carbocycles. The van der Waals surface area contributed by atoms with Crippen LogP contribution in [-0.2, 0) is 11.3 Å². The fourth-order valence-corrected chi connectivity index (χ4v) is 1.69. The van der Waals surface area contributed by atoms with Gasteiger partial charge < -0.3 is 0 Å². The van der Waals surface area contributed by atoms with E-state index in [4.69, 9.17) is 4.84 Å². The molecular weight excluding hydrogens is 150 g/mol. The monoisotopic (exact) mass is 163 g/mol. The first-order chi connectivity index (χ1) is 5.92. The molecule has 1 heterocycles. The van der Waals surface area contributed by atoms with E-state index in [0.29, 0.717) is 0 Å². The molecule has 0 saturated heterocycles. The van der Waals surface area contributed by atoms with Crippen molar-refractivity contribution in [2.45, 2.75) is 12.8 Å². The molecule has 0 N–H and O–H groups in total. The van der Waals surface area contributed by atoms with Crippen molar-refractivity contribution in [1.29, 1.82) is 0 Å². The minimum Gasteiger partial charge on any atom is -0.277 e. The Balaban J connectivity index is 2.37. The van der Waals surface area contributed by atoms with E-state index in [1.807, 2.05) is 5.06 Å². The second-order valence-electron chi connectivity index (χ2n) is 3.02. The molecular formula is C10H13NO. The van der Waals surface area contributed by atoms with Gasteiger partial charge in [-0.15, -0.1) is 0 Å². The summed E-state index contributed by atoms with van der Waals surface area (Å²) in [6.45, 7) is 1.01. The topological polar surface area (TPSA) is 12.5 Å². The third-order valence-electron chi connectivity index (χ3n) is 2.29. The number of hydrogen-bond donors (Lipinski definition) is 0. The normalized spacial score (nSPS) is 15.9. The lowest BCUT2D eigenvalue weighted by Gasteiger charge is -2.28. The second-order valence-corrected chi connectivity index (χ2v) is 3.02. The lowest BCUT2D eigenvalue weighted by Crippen LogP contribution is -2.27. The zero-order valence-electron chi connectivity index (χ0n) is 7.29. The van der Waals surface area contributed by atoms with E-state index in [2.05, 4.69) is 24.3 Å². The highest BCUT2D eigenvalue weighted by Crippen LogP contribution is 2.25. The molecule has 2 heteroatoms. The van der Waals surface area contributed by atoms with Gasteiger partial charge in [0.25, 0.3) is 0 Å². The highest BCUT2D eigenvalue weighted by atomic mass is 16.7. The van der Waals surface area contributed by atoms with Gasteiger partial charge in [-0.2, -0.15) is 0 Å². The Hall–Kier alpha value is -1.02. The maximum Gasteiger partial charge on any atom is 0.0668 e. The van der Waals surface area contributed by atoms with Gasteiger partial charge in [0.05, 0.1) is 12.8 Å². The quantitative estimate of drug-likeness (QED) is 0.628. The van der Waals surface area contributed by atoms with Crippen LogP contribution in [0.25, 0.3) is 0 Å². The predicted molar refractivity (Wildman–Crippen MR) is 49.1 cm³/mol. The van der Waals surface area contributed by atoms with Crippen LogP contribution in [-0.4, -0.2) is 13.7 Å². The Morgan fingerprint density at radius 1 is 1.33 bits per heavy atom. The summed E-state index contributed by atoms with van der Waals surface area (Å²) in [5, 5.41) is 1.96. The zero-order valence-corrected chi connectivity index (χ0v) is 7.29. The van der Waals surface area contributed by atoms with Crippen LogP contribution in [0.15, 0.2) is 24.3 Å². The summed E-state index contributed by atoms with van der Waals surface area (Å²) in [4.78, 5) is 5.25. The Labute approximate surface area is 72.7 Å². The number of hydrogen-bond acceptors (Lipinski definition) is 2. The van der Waals surface area contributed by atoms with Crippen LogP contribution < -0.4 is 5.06 Å². The van der Waals surface area contributed by atoms with E-state index in [1.54, 1.807) is 7.11 Å². The lowest BCUT2D eigenvalue weighted by atomic mass is 10.0. The maximum atomic E-state index is 5.25. The third-order valence-corrected chi connectivity index (χ3v) is 2.29. The average molecular weight is 163 g/mol.